The molecule has 0 unspecified atom stereocenters. The lowest BCUT2D eigenvalue weighted by Crippen LogP contribution is -2.39. The molecule has 0 aliphatic carbocycles. The second kappa shape index (κ2) is 15.9. The zero-order valence-electron chi connectivity index (χ0n) is 18.1. The van der Waals surface area contributed by atoms with Crippen molar-refractivity contribution in [2.24, 2.45) is 4.99 Å². The Balaban J connectivity index is 0.00000450. The molecule has 7 heteroatoms. The van der Waals surface area contributed by atoms with E-state index in [1.54, 1.807) is 7.11 Å². The van der Waals surface area contributed by atoms with Crippen molar-refractivity contribution in [3.05, 3.63) is 65.2 Å². The smallest absolute Gasteiger partial charge is 0.191 e. The van der Waals surface area contributed by atoms with E-state index in [1.807, 2.05) is 31.2 Å². The van der Waals surface area contributed by atoms with Crippen molar-refractivity contribution >= 4 is 29.9 Å². The number of hydrogen-bond donors (Lipinski definition) is 2. The van der Waals surface area contributed by atoms with Gasteiger partial charge in [0.25, 0.3) is 0 Å². The zero-order valence-corrected chi connectivity index (χ0v) is 20.5. The minimum absolute atomic E-state index is 0. The molecule has 0 saturated carbocycles. The first-order valence-corrected chi connectivity index (χ1v) is 10.1. The van der Waals surface area contributed by atoms with E-state index in [4.69, 9.17) is 14.2 Å². The Labute approximate surface area is 197 Å². The van der Waals surface area contributed by atoms with E-state index in [9.17, 15) is 0 Å². The molecule has 0 spiro atoms. The molecule has 2 aromatic carbocycles. The topological polar surface area (TPSA) is 64.1 Å². The highest BCUT2D eigenvalue weighted by molar-refractivity contribution is 14.0. The van der Waals surface area contributed by atoms with Gasteiger partial charge in [-0.3, -0.25) is 0 Å². The molecule has 6 nitrogen and oxygen atoms in total. The zero-order chi connectivity index (χ0) is 20.7. The summed E-state index contributed by atoms with van der Waals surface area (Å²) < 4.78 is 16.6. The lowest BCUT2D eigenvalue weighted by atomic mass is 10.1. The van der Waals surface area contributed by atoms with Crippen molar-refractivity contribution in [1.29, 1.82) is 0 Å². The molecule has 2 aromatic rings. The van der Waals surface area contributed by atoms with Crippen LogP contribution in [0.2, 0.25) is 0 Å². The molecule has 0 aromatic heterocycles. The highest BCUT2D eigenvalue weighted by Gasteiger charge is 2.05. The summed E-state index contributed by atoms with van der Waals surface area (Å²) in [5, 5.41) is 6.58. The van der Waals surface area contributed by atoms with Gasteiger partial charge >= 0.3 is 0 Å². The normalized spacial score (nSPS) is 11.0. The van der Waals surface area contributed by atoms with Crippen molar-refractivity contribution in [3.8, 4) is 5.75 Å². The Morgan fingerprint density at radius 1 is 1.00 bits per heavy atom. The lowest BCUT2D eigenvalue weighted by molar-refractivity contribution is 0.125. The third-order valence-electron chi connectivity index (χ3n) is 4.17. The number of halogens is 1. The van der Waals surface area contributed by atoms with Crippen LogP contribution in [0, 0.1) is 6.92 Å². The molecule has 0 amide bonds. The molecular formula is C23H34IN3O3. The first-order chi connectivity index (χ1) is 14.2. The fourth-order valence-electron chi connectivity index (χ4n) is 2.67. The lowest BCUT2D eigenvalue weighted by Gasteiger charge is -2.14. The molecule has 0 heterocycles. The number of hydrogen-bond acceptors (Lipinski definition) is 4. The van der Waals surface area contributed by atoms with Crippen LogP contribution in [0.4, 0.5) is 0 Å². The Morgan fingerprint density at radius 2 is 1.80 bits per heavy atom. The maximum absolute atomic E-state index is 5.85. The van der Waals surface area contributed by atoms with Gasteiger partial charge in [-0.15, -0.1) is 24.0 Å². The van der Waals surface area contributed by atoms with Crippen LogP contribution in [-0.2, 0) is 22.6 Å². The van der Waals surface area contributed by atoms with Crippen LogP contribution in [0.3, 0.4) is 0 Å². The molecule has 0 saturated heterocycles. The molecule has 0 aliphatic heterocycles. The van der Waals surface area contributed by atoms with Crippen molar-refractivity contribution in [2.75, 3.05) is 40.0 Å². The molecule has 0 fully saturated rings. The number of nitrogens with one attached hydrogen (secondary N) is 2. The summed E-state index contributed by atoms with van der Waals surface area (Å²) in [4.78, 5) is 4.69. The largest absolute Gasteiger partial charge is 0.491 e. The van der Waals surface area contributed by atoms with Crippen LogP contribution in [0.25, 0.3) is 0 Å². The number of benzene rings is 2. The van der Waals surface area contributed by atoms with Crippen LogP contribution in [-0.4, -0.2) is 46.0 Å². The number of aliphatic imine (C=N–C) groups is 1. The minimum Gasteiger partial charge on any atom is -0.491 e. The van der Waals surface area contributed by atoms with Gasteiger partial charge in [-0.05, 0) is 31.0 Å². The fraction of sp³-hybridized carbons (Fsp3) is 0.435. The second-order valence-electron chi connectivity index (χ2n) is 6.61. The van der Waals surface area contributed by atoms with Gasteiger partial charge in [0.2, 0.25) is 0 Å². The van der Waals surface area contributed by atoms with Gasteiger partial charge in [-0.1, -0.05) is 42.5 Å². The van der Waals surface area contributed by atoms with Gasteiger partial charge in [0, 0.05) is 25.8 Å². The Kier molecular flexibility index (Phi) is 13.9. The average molecular weight is 527 g/mol. The van der Waals surface area contributed by atoms with E-state index in [1.165, 1.54) is 5.56 Å². The monoisotopic (exact) mass is 527 g/mol. The van der Waals surface area contributed by atoms with Gasteiger partial charge in [-0.25, -0.2) is 4.99 Å². The molecule has 0 aliphatic rings. The molecule has 166 valence electrons. The summed E-state index contributed by atoms with van der Waals surface area (Å²) >= 11 is 0. The summed E-state index contributed by atoms with van der Waals surface area (Å²) in [6, 6.07) is 16.3. The summed E-state index contributed by atoms with van der Waals surface area (Å²) in [5.41, 5.74) is 3.38. The average Bonchev–Trinajstić information content (AvgIpc) is 2.73. The fourth-order valence-corrected chi connectivity index (χ4v) is 2.67. The Bertz CT molecular complexity index is 742. The van der Waals surface area contributed by atoms with Gasteiger partial charge < -0.3 is 24.8 Å². The molecule has 0 atom stereocenters. The number of guanidine groups is 1. The van der Waals surface area contributed by atoms with E-state index in [0.29, 0.717) is 39.5 Å². The third-order valence-corrected chi connectivity index (χ3v) is 4.17. The van der Waals surface area contributed by atoms with Crippen LogP contribution >= 0.6 is 24.0 Å². The first kappa shape index (κ1) is 26.2. The summed E-state index contributed by atoms with van der Waals surface area (Å²) in [6.07, 6.45) is 0. The first-order valence-electron chi connectivity index (χ1n) is 10.1. The maximum atomic E-state index is 5.85. The van der Waals surface area contributed by atoms with E-state index < -0.39 is 0 Å². The van der Waals surface area contributed by atoms with E-state index >= 15 is 0 Å². The van der Waals surface area contributed by atoms with E-state index in [-0.39, 0.29) is 24.0 Å². The van der Waals surface area contributed by atoms with Crippen LogP contribution < -0.4 is 15.4 Å². The Morgan fingerprint density at radius 3 is 2.53 bits per heavy atom. The molecule has 2 rings (SSSR count). The highest BCUT2D eigenvalue weighted by Crippen LogP contribution is 2.21. The van der Waals surface area contributed by atoms with Crippen molar-refractivity contribution in [2.45, 2.75) is 27.0 Å². The van der Waals surface area contributed by atoms with Gasteiger partial charge in [0.05, 0.1) is 26.4 Å². The Hall–Kier alpha value is -1.84. The quantitative estimate of drug-likeness (QED) is 0.190. The molecular weight excluding hydrogens is 493 g/mol. The van der Waals surface area contributed by atoms with E-state index in [2.05, 4.69) is 46.8 Å². The van der Waals surface area contributed by atoms with Crippen LogP contribution in [0.15, 0.2) is 53.5 Å². The van der Waals surface area contributed by atoms with Crippen LogP contribution in [0.5, 0.6) is 5.75 Å². The van der Waals surface area contributed by atoms with E-state index in [0.717, 1.165) is 29.4 Å². The summed E-state index contributed by atoms with van der Waals surface area (Å²) in [7, 11) is 1.67. The summed E-state index contributed by atoms with van der Waals surface area (Å²) in [5.74, 6) is 1.62. The van der Waals surface area contributed by atoms with Crippen molar-refractivity contribution < 1.29 is 14.2 Å². The predicted molar refractivity (Wildman–Crippen MR) is 133 cm³/mol. The predicted octanol–water partition coefficient (Wildman–Crippen LogP) is 3.91. The molecule has 2 N–H and O–H groups in total. The van der Waals surface area contributed by atoms with Crippen molar-refractivity contribution in [3.63, 3.8) is 0 Å². The van der Waals surface area contributed by atoms with Gasteiger partial charge in [0.1, 0.15) is 12.4 Å². The maximum Gasteiger partial charge on any atom is 0.191 e. The molecule has 0 bridgehead atoms. The minimum atomic E-state index is 0. The van der Waals surface area contributed by atoms with Crippen LogP contribution in [0.1, 0.15) is 23.6 Å². The third kappa shape index (κ3) is 10.3. The molecule has 30 heavy (non-hydrogen) atoms. The number of aryl methyl sites for hydroxylation is 1. The highest BCUT2D eigenvalue weighted by atomic mass is 127. The number of nitrogens with zero attached hydrogens (tertiary/aromatic N) is 1. The number of ether oxygens (including phenoxy) is 3. The van der Waals surface area contributed by atoms with Gasteiger partial charge in [-0.2, -0.15) is 0 Å². The number of rotatable bonds is 12. The second-order valence-corrected chi connectivity index (χ2v) is 6.61. The van der Waals surface area contributed by atoms with Gasteiger partial charge in [0.15, 0.2) is 5.96 Å². The standard InChI is InChI=1S/C23H33N3O3.HI/c1-4-24-23(25-12-13-28-18-20-8-6-5-7-9-20)26-17-21-11-10-19(2)16-22(21)29-15-14-27-3;/h5-11,16H,4,12-15,17-18H2,1-3H3,(H2,24,25,26);1H. The van der Waals surface area contributed by atoms with Crippen molar-refractivity contribution in [1.82, 2.24) is 10.6 Å². The SMILES string of the molecule is CCNC(=NCc1ccc(C)cc1OCCOC)NCCOCc1ccccc1.I. The summed E-state index contributed by atoms with van der Waals surface area (Å²) in [6.45, 7) is 8.41. The number of methoxy groups -OCH3 is 1. The molecule has 0 radical (unpaired) electrons.